The smallest absolute Gasteiger partial charge is 0.252 e. The van der Waals surface area contributed by atoms with E-state index in [9.17, 15) is 8.78 Å². The van der Waals surface area contributed by atoms with Gasteiger partial charge in [0.1, 0.15) is 0 Å². The molecule has 2 nitrogen and oxygen atoms in total. The molecule has 0 atom stereocenters. The van der Waals surface area contributed by atoms with Crippen LogP contribution in [0.25, 0.3) is 0 Å². The fourth-order valence-corrected chi connectivity index (χ4v) is 0.713. The molecular formula is C7H9BrF2N2. The molecule has 12 heavy (non-hydrogen) atoms. The van der Waals surface area contributed by atoms with Crippen molar-refractivity contribution in [1.82, 2.24) is 0 Å². The predicted octanol–water partition coefficient (Wildman–Crippen LogP) is 2.17. The Balaban J connectivity index is 0.00000121. The second-order valence-electron chi connectivity index (χ2n) is 2.02. The van der Waals surface area contributed by atoms with E-state index in [0.717, 1.165) is 0 Å². The van der Waals surface area contributed by atoms with Crippen molar-refractivity contribution in [3.63, 3.8) is 0 Å². The molecule has 68 valence electrons. The van der Waals surface area contributed by atoms with Crippen molar-refractivity contribution < 1.29 is 8.78 Å². The van der Waals surface area contributed by atoms with Crippen LogP contribution < -0.4 is 10.9 Å². The van der Waals surface area contributed by atoms with E-state index in [1.807, 2.05) is 0 Å². The van der Waals surface area contributed by atoms with Crippen LogP contribution in [0, 0.1) is 0 Å². The van der Waals surface area contributed by atoms with Crippen molar-refractivity contribution in [2.24, 2.45) is 5.84 Å². The molecule has 0 bridgehead atoms. The molecule has 0 amide bonds. The van der Waals surface area contributed by atoms with Gasteiger partial charge in [0.05, 0.1) is 5.69 Å². The minimum atomic E-state index is -2.66. The first kappa shape index (κ1) is 11.3. The summed E-state index contributed by atoms with van der Waals surface area (Å²) < 4.78 is 23.8. The Morgan fingerprint density at radius 3 is 2.08 bits per heavy atom. The van der Waals surface area contributed by atoms with E-state index in [0.29, 0.717) is 10.7 Å². The summed E-state index contributed by atoms with van der Waals surface area (Å²) in [7, 11) is 0. The van der Waals surface area contributed by atoms with Gasteiger partial charge >= 0.3 is 6.55 Å². The summed E-state index contributed by atoms with van der Waals surface area (Å²) in [6.45, 7) is -2.66. The summed E-state index contributed by atoms with van der Waals surface area (Å²) in [6.07, 6.45) is 0. The van der Waals surface area contributed by atoms with Crippen LogP contribution in [0.1, 0.15) is 0 Å². The van der Waals surface area contributed by atoms with Gasteiger partial charge in [-0.2, -0.15) is 8.78 Å². The molecule has 0 saturated heterocycles. The van der Waals surface area contributed by atoms with Crippen LogP contribution >= 0.6 is 17.0 Å². The van der Waals surface area contributed by atoms with Crippen LogP contribution in [0.15, 0.2) is 30.3 Å². The van der Waals surface area contributed by atoms with Gasteiger partial charge in [-0.15, -0.1) is 17.0 Å². The van der Waals surface area contributed by atoms with Gasteiger partial charge in [-0.1, -0.05) is 18.2 Å². The molecule has 0 unspecified atom stereocenters. The lowest BCUT2D eigenvalue weighted by atomic mass is 10.3. The molecule has 0 spiro atoms. The highest BCUT2D eigenvalue weighted by Gasteiger charge is 2.10. The largest absolute Gasteiger partial charge is 0.328 e. The minimum Gasteiger partial charge on any atom is -0.252 e. The summed E-state index contributed by atoms with van der Waals surface area (Å²) in [5.41, 5.74) is 0.308. The highest BCUT2D eigenvalue weighted by molar-refractivity contribution is 8.93. The van der Waals surface area contributed by atoms with Crippen molar-refractivity contribution >= 4 is 22.7 Å². The van der Waals surface area contributed by atoms with Crippen LogP contribution in [0.4, 0.5) is 14.5 Å². The van der Waals surface area contributed by atoms with E-state index < -0.39 is 6.55 Å². The molecule has 0 fully saturated rings. The lowest BCUT2D eigenvalue weighted by Gasteiger charge is -2.16. The Hall–Kier alpha value is -0.680. The van der Waals surface area contributed by atoms with Crippen molar-refractivity contribution in [1.29, 1.82) is 0 Å². The normalized spacial score (nSPS) is 9.33. The van der Waals surface area contributed by atoms with Crippen LogP contribution in [0.3, 0.4) is 0 Å². The number of hydrazine groups is 1. The zero-order chi connectivity index (χ0) is 8.27. The van der Waals surface area contributed by atoms with Gasteiger partial charge in [0.2, 0.25) is 0 Å². The summed E-state index contributed by atoms with van der Waals surface area (Å²) in [6, 6.07) is 8.08. The summed E-state index contributed by atoms with van der Waals surface area (Å²) >= 11 is 0. The zero-order valence-electron chi connectivity index (χ0n) is 6.15. The minimum absolute atomic E-state index is 0. The number of benzene rings is 1. The van der Waals surface area contributed by atoms with Crippen LogP contribution in [0.5, 0.6) is 0 Å². The number of anilines is 1. The number of hydrogen-bond donors (Lipinski definition) is 1. The Bertz CT molecular complexity index is 218. The molecule has 0 radical (unpaired) electrons. The Morgan fingerprint density at radius 1 is 1.17 bits per heavy atom. The molecule has 1 rings (SSSR count). The number of nitrogens with zero attached hydrogens (tertiary/aromatic N) is 1. The van der Waals surface area contributed by atoms with Gasteiger partial charge in [-0.3, -0.25) is 5.01 Å². The molecule has 0 saturated carbocycles. The fourth-order valence-electron chi connectivity index (χ4n) is 0.713. The SMILES string of the molecule is Br.NN(c1ccccc1)C(F)F. The summed E-state index contributed by atoms with van der Waals surface area (Å²) in [4.78, 5) is 0. The summed E-state index contributed by atoms with van der Waals surface area (Å²) in [5.74, 6) is 5.02. The number of alkyl halides is 2. The molecule has 1 aromatic rings. The zero-order valence-corrected chi connectivity index (χ0v) is 7.87. The Labute approximate surface area is 79.7 Å². The maximum absolute atomic E-state index is 11.9. The second-order valence-corrected chi connectivity index (χ2v) is 2.02. The Morgan fingerprint density at radius 2 is 1.67 bits per heavy atom. The van der Waals surface area contributed by atoms with E-state index in [-0.39, 0.29) is 17.0 Å². The van der Waals surface area contributed by atoms with Gasteiger partial charge in [-0.25, -0.2) is 5.84 Å². The summed E-state index contributed by atoms with van der Waals surface area (Å²) in [5, 5.41) is 0.417. The van der Waals surface area contributed by atoms with Crippen molar-refractivity contribution in [2.75, 3.05) is 5.01 Å². The number of nitrogens with two attached hydrogens (primary N) is 1. The second kappa shape index (κ2) is 5.05. The topological polar surface area (TPSA) is 29.3 Å². The number of rotatable bonds is 2. The van der Waals surface area contributed by atoms with E-state index in [2.05, 4.69) is 0 Å². The molecule has 0 heterocycles. The third-order valence-corrected chi connectivity index (χ3v) is 1.26. The average Bonchev–Trinajstić information content (AvgIpc) is 2.05. The predicted molar refractivity (Wildman–Crippen MR) is 49.4 cm³/mol. The number of halogens is 3. The highest BCUT2D eigenvalue weighted by atomic mass is 79.9. The highest BCUT2D eigenvalue weighted by Crippen LogP contribution is 2.12. The van der Waals surface area contributed by atoms with Crippen molar-refractivity contribution in [2.45, 2.75) is 6.55 Å². The van der Waals surface area contributed by atoms with Crippen molar-refractivity contribution in [3.05, 3.63) is 30.3 Å². The number of para-hydroxylation sites is 1. The molecule has 5 heteroatoms. The van der Waals surface area contributed by atoms with Crippen molar-refractivity contribution in [3.8, 4) is 0 Å². The third-order valence-electron chi connectivity index (χ3n) is 1.26. The fraction of sp³-hybridized carbons (Fsp3) is 0.143. The lowest BCUT2D eigenvalue weighted by molar-refractivity contribution is 0.142. The van der Waals surface area contributed by atoms with Gasteiger partial charge in [-0.05, 0) is 12.1 Å². The molecule has 0 aromatic heterocycles. The number of hydrogen-bond acceptors (Lipinski definition) is 2. The van der Waals surface area contributed by atoms with E-state index >= 15 is 0 Å². The molecule has 1 aromatic carbocycles. The molecular weight excluding hydrogens is 230 g/mol. The van der Waals surface area contributed by atoms with Crippen LogP contribution in [-0.2, 0) is 0 Å². The molecule has 0 aliphatic heterocycles. The van der Waals surface area contributed by atoms with Crippen LogP contribution in [-0.4, -0.2) is 6.55 Å². The quantitative estimate of drug-likeness (QED) is 0.486. The first-order valence-corrected chi connectivity index (χ1v) is 3.09. The average molecular weight is 239 g/mol. The lowest BCUT2D eigenvalue weighted by Crippen LogP contribution is -2.35. The first-order valence-electron chi connectivity index (χ1n) is 3.09. The van der Waals surface area contributed by atoms with E-state index in [1.54, 1.807) is 18.2 Å². The van der Waals surface area contributed by atoms with E-state index in [1.165, 1.54) is 12.1 Å². The molecule has 0 aliphatic carbocycles. The standard InChI is InChI=1S/C7H8F2N2.BrH/c8-7(9)11(10)6-4-2-1-3-5-6;/h1-5,7H,10H2;1H. The molecule has 2 N–H and O–H groups in total. The molecule has 0 aliphatic rings. The Kier molecular flexibility index (Phi) is 4.77. The van der Waals surface area contributed by atoms with Gasteiger partial charge in [0.25, 0.3) is 0 Å². The van der Waals surface area contributed by atoms with Gasteiger partial charge < -0.3 is 0 Å². The van der Waals surface area contributed by atoms with Gasteiger partial charge in [0.15, 0.2) is 0 Å². The maximum Gasteiger partial charge on any atom is 0.328 e. The monoisotopic (exact) mass is 238 g/mol. The maximum atomic E-state index is 11.9. The van der Waals surface area contributed by atoms with Gasteiger partial charge in [0, 0.05) is 0 Å². The van der Waals surface area contributed by atoms with E-state index in [4.69, 9.17) is 5.84 Å². The first-order chi connectivity index (χ1) is 5.22. The third kappa shape index (κ3) is 2.75. The van der Waals surface area contributed by atoms with Crippen LogP contribution in [0.2, 0.25) is 0 Å².